The molecule has 2 aromatic carbocycles. The lowest BCUT2D eigenvalue weighted by molar-refractivity contribution is 0.102. The van der Waals surface area contributed by atoms with Crippen LogP contribution in [-0.2, 0) is 12.8 Å². The van der Waals surface area contributed by atoms with Crippen LogP contribution in [0.25, 0.3) is 10.9 Å². The second-order valence-corrected chi connectivity index (χ2v) is 12.8. The minimum atomic E-state index is -0.106. The van der Waals surface area contributed by atoms with Crippen LogP contribution in [-0.4, -0.2) is 16.7 Å². The smallest absolute Gasteiger partial charge is 0.259 e. The summed E-state index contributed by atoms with van der Waals surface area (Å²) < 4.78 is 2.28. The molecule has 1 aliphatic carbocycles. The monoisotopic (exact) mass is 531 g/mol. The van der Waals surface area contributed by atoms with E-state index < -0.39 is 0 Å². The third-order valence-corrected chi connectivity index (χ3v) is 8.86. The largest absolute Gasteiger partial charge is 0.344 e. The lowest BCUT2D eigenvalue weighted by atomic mass is 9.72. The summed E-state index contributed by atoms with van der Waals surface area (Å²) in [5.74, 6) is 0.484. The second kappa shape index (κ2) is 10.1. The van der Waals surface area contributed by atoms with Crippen LogP contribution in [0.4, 0.5) is 10.7 Å². The van der Waals surface area contributed by atoms with Gasteiger partial charge in [0, 0.05) is 50.5 Å². The molecule has 0 bridgehead atoms. The molecule has 0 unspecified atom stereocenters. The average molecular weight is 532 g/mol. The summed E-state index contributed by atoms with van der Waals surface area (Å²) in [5, 5.41) is 5.68. The van der Waals surface area contributed by atoms with Crippen molar-refractivity contribution in [2.45, 2.75) is 59.9 Å². The summed E-state index contributed by atoms with van der Waals surface area (Å²) in [6, 6.07) is 16.0. The molecule has 192 valence electrons. The van der Waals surface area contributed by atoms with Gasteiger partial charge >= 0.3 is 0 Å². The van der Waals surface area contributed by atoms with E-state index in [-0.39, 0.29) is 11.3 Å². The Bertz CT molecular complexity index is 1470. The number of amides is 1. The van der Waals surface area contributed by atoms with E-state index >= 15 is 0 Å². The van der Waals surface area contributed by atoms with Crippen molar-refractivity contribution in [1.29, 1.82) is 0 Å². The minimum absolute atomic E-state index is 0.106. The summed E-state index contributed by atoms with van der Waals surface area (Å²) in [6.07, 6.45) is 7.07. The Hall–Kier alpha value is -2.89. The topological polar surface area (TPSA) is 46.4 Å². The molecule has 1 N–H and O–H groups in total. The van der Waals surface area contributed by atoms with E-state index in [1.807, 2.05) is 18.3 Å². The number of rotatable bonds is 5. The quantitative estimate of drug-likeness (QED) is 0.256. The summed E-state index contributed by atoms with van der Waals surface area (Å²) >= 11 is 7.72. The number of hydrogen-bond acceptors (Lipinski definition) is 3. The van der Waals surface area contributed by atoms with Gasteiger partial charge in [-0.1, -0.05) is 50.6 Å². The van der Waals surface area contributed by atoms with Crippen LogP contribution in [0.15, 0.2) is 59.7 Å². The number of carbonyl (C=O) groups excluding carboxylic acids is 1. The second-order valence-electron chi connectivity index (χ2n) is 11.3. The van der Waals surface area contributed by atoms with Gasteiger partial charge in [0.15, 0.2) is 0 Å². The highest BCUT2D eigenvalue weighted by Gasteiger charge is 2.33. The molecule has 0 saturated carbocycles. The van der Waals surface area contributed by atoms with Crippen LogP contribution < -0.4 is 5.32 Å². The molecule has 2 aromatic heterocycles. The van der Waals surface area contributed by atoms with E-state index in [4.69, 9.17) is 16.6 Å². The highest BCUT2D eigenvalue weighted by Crippen LogP contribution is 2.45. The van der Waals surface area contributed by atoms with Gasteiger partial charge in [0.05, 0.1) is 5.56 Å². The van der Waals surface area contributed by atoms with Gasteiger partial charge in [0.2, 0.25) is 0 Å². The van der Waals surface area contributed by atoms with Crippen molar-refractivity contribution in [3.8, 4) is 0 Å². The lowest BCUT2D eigenvalue weighted by Gasteiger charge is -2.33. The van der Waals surface area contributed by atoms with Crippen molar-refractivity contribution in [2.75, 3.05) is 5.32 Å². The van der Waals surface area contributed by atoms with Gasteiger partial charge in [0.25, 0.3) is 5.91 Å². The van der Waals surface area contributed by atoms with Crippen molar-refractivity contribution in [3.63, 3.8) is 0 Å². The number of nitrogens with one attached hydrogen (secondary N) is 1. The van der Waals surface area contributed by atoms with Gasteiger partial charge < -0.3 is 9.88 Å². The maximum absolute atomic E-state index is 13.6. The van der Waals surface area contributed by atoms with Crippen LogP contribution in [0.3, 0.4) is 0 Å². The van der Waals surface area contributed by atoms with Gasteiger partial charge in [-0.25, -0.2) is 4.99 Å². The van der Waals surface area contributed by atoms with E-state index in [2.05, 4.69) is 75.0 Å². The number of carbonyl (C=O) groups is 1. The van der Waals surface area contributed by atoms with E-state index in [0.717, 1.165) is 41.1 Å². The van der Waals surface area contributed by atoms with Crippen LogP contribution in [0.2, 0.25) is 5.02 Å². The van der Waals surface area contributed by atoms with Crippen LogP contribution in [0.5, 0.6) is 0 Å². The Morgan fingerprint density at radius 1 is 1.16 bits per heavy atom. The number of fused-ring (bicyclic) bond motifs is 2. The number of nitrogens with zero attached hydrogens (tertiary/aromatic N) is 2. The Morgan fingerprint density at radius 3 is 2.59 bits per heavy atom. The van der Waals surface area contributed by atoms with E-state index in [1.165, 1.54) is 15.8 Å². The maximum atomic E-state index is 13.6. The number of thiophene rings is 1. The molecule has 6 heteroatoms. The van der Waals surface area contributed by atoms with Gasteiger partial charge in [0.1, 0.15) is 5.00 Å². The summed E-state index contributed by atoms with van der Waals surface area (Å²) in [7, 11) is 0. The van der Waals surface area contributed by atoms with Gasteiger partial charge in [-0.3, -0.25) is 4.79 Å². The Kier molecular flexibility index (Phi) is 7.03. The molecule has 0 radical (unpaired) electrons. The first-order valence-electron chi connectivity index (χ1n) is 13.0. The normalized spacial score (nSPS) is 16.0. The third-order valence-electron chi connectivity index (χ3n) is 7.45. The number of para-hydroxylation sites is 1. The van der Waals surface area contributed by atoms with Crippen LogP contribution >= 0.6 is 22.9 Å². The van der Waals surface area contributed by atoms with Crippen molar-refractivity contribution in [1.82, 2.24) is 4.57 Å². The third kappa shape index (κ3) is 5.25. The molecule has 1 amide bonds. The fourth-order valence-corrected chi connectivity index (χ4v) is 6.65. The zero-order chi connectivity index (χ0) is 26.3. The van der Waals surface area contributed by atoms with E-state index in [9.17, 15) is 4.79 Å². The molecule has 5 rings (SSSR count). The predicted molar refractivity (Wildman–Crippen MR) is 158 cm³/mol. The van der Waals surface area contributed by atoms with Crippen molar-refractivity contribution in [2.24, 2.45) is 16.3 Å². The van der Waals surface area contributed by atoms with Crippen molar-refractivity contribution < 1.29 is 4.79 Å². The molecule has 0 spiro atoms. The first-order chi connectivity index (χ1) is 17.6. The van der Waals surface area contributed by atoms with Crippen LogP contribution in [0.1, 0.15) is 73.4 Å². The SMILES string of the molecule is CC(C)n1cc(C=Nc2sc3c(c2C(=O)Nc2ccc(Cl)cc2)CC[C@@H](C(C)(C)C)C3)c2ccccc21. The average Bonchev–Trinajstić information content (AvgIpc) is 3.41. The first kappa shape index (κ1) is 25.7. The fourth-order valence-electron chi connectivity index (χ4n) is 5.25. The molecule has 1 aliphatic rings. The molecule has 4 aromatic rings. The van der Waals surface area contributed by atoms with Gasteiger partial charge in [-0.15, -0.1) is 11.3 Å². The molecule has 37 heavy (non-hydrogen) atoms. The zero-order valence-corrected chi connectivity index (χ0v) is 23.7. The van der Waals surface area contributed by atoms with Gasteiger partial charge in [-0.2, -0.15) is 0 Å². The minimum Gasteiger partial charge on any atom is -0.344 e. The van der Waals surface area contributed by atoms with E-state index in [0.29, 0.717) is 22.5 Å². The Balaban J connectivity index is 1.55. The molecule has 4 nitrogen and oxygen atoms in total. The Labute approximate surface area is 228 Å². The molecule has 0 fully saturated rings. The van der Waals surface area contributed by atoms with Crippen molar-refractivity contribution in [3.05, 3.63) is 81.3 Å². The number of benzene rings is 2. The zero-order valence-electron chi connectivity index (χ0n) is 22.1. The van der Waals surface area contributed by atoms with Gasteiger partial charge in [-0.05, 0) is 80.3 Å². The van der Waals surface area contributed by atoms with Crippen molar-refractivity contribution >= 4 is 56.7 Å². The first-order valence-corrected chi connectivity index (χ1v) is 14.2. The number of anilines is 1. The molecular formula is C31H34ClN3OS. The molecule has 1 atom stereocenters. The molecular weight excluding hydrogens is 498 g/mol. The van der Waals surface area contributed by atoms with Crippen LogP contribution in [0, 0.1) is 11.3 Å². The molecule has 0 aliphatic heterocycles. The summed E-state index contributed by atoms with van der Waals surface area (Å²) in [6.45, 7) is 11.3. The maximum Gasteiger partial charge on any atom is 0.259 e. The standard InChI is InChI=1S/C31H34ClN3OS/c1-19(2)35-18-20(24-8-6-7-9-26(24)35)17-33-30-28(29(36)34-23-13-11-22(32)12-14-23)25-15-10-21(31(3,4)5)16-27(25)37-30/h6-9,11-14,17-19,21H,10,15-16H2,1-5H3,(H,34,36)/t21-/m1/s1. The summed E-state index contributed by atoms with van der Waals surface area (Å²) in [5.41, 5.74) is 5.09. The summed E-state index contributed by atoms with van der Waals surface area (Å²) in [4.78, 5) is 19.9. The molecule has 2 heterocycles. The number of halogens is 1. The van der Waals surface area contributed by atoms with E-state index in [1.54, 1.807) is 23.5 Å². The fraction of sp³-hybridized carbons (Fsp3) is 0.355. The number of aliphatic imine (C=N–C) groups is 1. The number of aromatic nitrogens is 1. The Morgan fingerprint density at radius 2 is 1.89 bits per heavy atom. The highest BCUT2D eigenvalue weighted by atomic mass is 35.5. The predicted octanol–water partition coefficient (Wildman–Crippen LogP) is 9.09. The lowest BCUT2D eigenvalue weighted by Crippen LogP contribution is -2.27. The molecule has 0 saturated heterocycles. The highest BCUT2D eigenvalue weighted by molar-refractivity contribution is 7.16. The number of hydrogen-bond donors (Lipinski definition) is 1.